The van der Waals surface area contributed by atoms with Gasteiger partial charge in [0.1, 0.15) is 0 Å². The van der Waals surface area contributed by atoms with E-state index in [1.165, 1.54) is 127 Å². The largest absolute Gasteiger partial charge is 0.297 e. The minimum absolute atomic E-state index is 0.632. The molecule has 0 saturated heterocycles. The van der Waals surface area contributed by atoms with Crippen molar-refractivity contribution in [1.29, 1.82) is 0 Å². The molecule has 0 amide bonds. The van der Waals surface area contributed by atoms with E-state index in [0.29, 0.717) is 0 Å². The molecule has 11 rings (SSSR count). The third-order valence-corrected chi connectivity index (χ3v) is 18.7. The first-order valence-electron chi connectivity index (χ1n) is 19.9. The second-order valence-corrected chi connectivity index (χ2v) is 22.3. The van der Waals surface area contributed by atoms with Gasteiger partial charge in [0.15, 0.2) is 12.6 Å². The maximum atomic E-state index is 12.7. The highest BCUT2D eigenvalue weighted by molar-refractivity contribution is 7.36. The van der Waals surface area contributed by atoms with Gasteiger partial charge < -0.3 is 0 Å². The zero-order valence-corrected chi connectivity index (χ0v) is 38.2. The zero-order chi connectivity index (χ0) is 40.9. The minimum Gasteiger partial charge on any atom is -0.297 e. The van der Waals surface area contributed by atoms with Gasteiger partial charge >= 0.3 is 0 Å². The second kappa shape index (κ2) is 12.9. The lowest BCUT2D eigenvalue weighted by molar-refractivity contribution is 0.111. The fourth-order valence-corrected chi connectivity index (χ4v) is 17.9. The molecule has 4 aromatic carbocycles. The van der Waals surface area contributed by atoms with Gasteiger partial charge in [0.25, 0.3) is 0 Å². The van der Waals surface area contributed by atoms with E-state index in [0.717, 1.165) is 22.3 Å². The van der Waals surface area contributed by atoms with E-state index >= 15 is 0 Å². The normalized spacial score (nSPS) is 14.5. The lowest BCUT2D eigenvalue weighted by Gasteiger charge is -2.35. The summed E-state index contributed by atoms with van der Waals surface area (Å²) in [4.78, 5) is 31.8. The molecule has 9 aromatic rings. The molecule has 0 radical (unpaired) electrons. The number of fused-ring (bicyclic) bond motifs is 11. The van der Waals surface area contributed by atoms with Crippen molar-refractivity contribution in [2.75, 3.05) is 0 Å². The summed E-state index contributed by atoms with van der Waals surface area (Å²) < 4.78 is 5.04. The summed E-state index contributed by atoms with van der Waals surface area (Å²) in [7, 11) is 0. The highest BCUT2D eigenvalue weighted by atomic mass is 32.1. The number of hydrogen-bond acceptors (Lipinski definition) is 7. The molecule has 2 aliphatic carbocycles. The van der Waals surface area contributed by atoms with Crippen molar-refractivity contribution in [3.63, 3.8) is 0 Å². The number of aldehydes is 2. The van der Waals surface area contributed by atoms with Crippen LogP contribution < -0.4 is 0 Å². The van der Waals surface area contributed by atoms with E-state index in [4.69, 9.17) is 0 Å². The number of thiophene rings is 5. The van der Waals surface area contributed by atoms with Gasteiger partial charge in [0.2, 0.25) is 0 Å². The molecule has 0 aliphatic heterocycles. The van der Waals surface area contributed by atoms with Gasteiger partial charge in [0, 0.05) is 21.4 Å². The summed E-state index contributed by atoms with van der Waals surface area (Å²) in [5, 5.41) is 0. The highest BCUT2D eigenvalue weighted by Crippen LogP contribution is 2.71. The van der Waals surface area contributed by atoms with Crippen LogP contribution in [0.1, 0.15) is 108 Å². The van der Waals surface area contributed by atoms with Crippen LogP contribution >= 0.6 is 56.7 Å². The standard InChI is InChI=1S/C52H40O2S5/c1-25-9-26(2)14-33(13-25)51(34-15-27(3)10-28(4)16-34)39-21-37(23-53)55-44(39)46-42(51)48-50(58-46)43-49(59-48)47-41(45-40(57-47)22-38(24-54)56-45)52(43,35-17-29(5)11-30(6)18-35)36-19-31(7)12-32(8)20-36/h9-24H,1-8H3. The van der Waals surface area contributed by atoms with E-state index in [1.54, 1.807) is 22.7 Å². The quantitative estimate of drug-likeness (QED) is 0.156. The molecule has 2 nitrogen and oxygen atoms in total. The van der Waals surface area contributed by atoms with Crippen LogP contribution in [0.5, 0.6) is 0 Å². The van der Waals surface area contributed by atoms with E-state index in [2.05, 4.69) is 140 Å². The first kappa shape index (κ1) is 37.3. The molecule has 0 N–H and O–H groups in total. The molecule has 7 heteroatoms. The van der Waals surface area contributed by atoms with Crippen LogP contribution in [0.2, 0.25) is 0 Å². The molecule has 59 heavy (non-hydrogen) atoms. The summed E-state index contributed by atoms with van der Waals surface area (Å²) in [6.45, 7) is 17.7. The lowest BCUT2D eigenvalue weighted by atomic mass is 9.66. The molecule has 290 valence electrons. The van der Waals surface area contributed by atoms with Crippen LogP contribution in [0.3, 0.4) is 0 Å². The molecule has 0 fully saturated rings. The Balaban J connectivity index is 1.37. The molecule has 0 bridgehead atoms. The van der Waals surface area contributed by atoms with Crippen LogP contribution in [0.4, 0.5) is 0 Å². The minimum atomic E-state index is -0.632. The number of rotatable bonds is 6. The number of carbonyl (C=O) groups is 2. The molecule has 5 heterocycles. The Morgan fingerprint density at radius 1 is 0.356 bits per heavy atom. The van der Waals surface area contributed by atoms with Gasteiger partial charge in [-0.1, -0.05) is 117 Å². The van der Waals surface area contributed by atoms with Crippen molar-refractivity contribution in [1.82, 2.24) is 0 Å². The third kappa shape index (κ3) is 5.00. The highest BCUT2D eigenvalue weighted by Gasteiger charge is 2.56. The number of carbonyl (C=O) groups excluding carboxylic acids is 2. The van der Waals surface area contributed by atoms with Gasteiger partial charge in [-0.3, -0.25) is 9.59 Å². The third-order valence-electron chi connectivity index (χ3n) is 12.4. The van der Waals surface area contributed by atoms with Crippen molar-refractivity contribution in [3.05, 3.63) is 184 Å². The Bertz CT molecular complexity index is 3130. The molecule has 5 aromatic heterocycles. The number of aryl methyl sites for hydroxylation is 8. The number of hydrogen-bond donors (Lipinski definition) is 0. The molecule has 0 atom stereocenters. The van der Waals surface area contributed by atoms with E-state index in [-0.39, 0.29) is 0 Å². The first-order valence-corrected chi connectivity index (χ1v) is 24.0. The predicted octanol–water partition coefficient (Wildman–Crippen LogP) is 15.1. The van der Waals surface area contributed by atoms with E-state index in [9.17, 15) is 9.59 Å². The fraction of sp³-hybridized carbons (Fsp3) is 0.192. The Morgan fingerprint density at radius 3 is 1.15 bits per heavy atom. The monoisotopic (exact) mass is 856 g/mol. The summed E-state index contributed by atoms with van der Waals surface area (Å²) >= 11 is 9.01. The topological polar surface area (TPSA) is 34.1 Å². The van der Waals surface area contributed by atoms with Crippen LogP contribution in [-0.4, -0.2) is 12.6 Å². The van der Waals surface area contributed by atoms with Gasteiger partial charge in [0.05, 0.1) is 54.2 Å². The Morgan fingerprint density at radius 2 is 0.712 bits per heavy atom. The molecule has 0 unspecified atom stereocenters. The maximum Gasteiger partial charge on any atom is 0.160 e. The van der Waals surface area contributed by atoms with Crippen molar-refractivity contribution in [2.24, 2.45) is 0 Å². The average molecular weight is 857 g/mol. The van der Waals surface area contributed by atoms with Crippen LogP contribution in [-0.2, 0) is 10.8 Å². The smallest absolute Gasteiger partial charge is 0.160 e. The van der Waals surface area contributed by atoms with Gasteiger partial charge in [-0.05, 0) is 95.3 Å². The summed E-state index contributed by atoms with van der Waals surface area (Å²) in [6.07, 6.45) is 2.05. The summed E-state index contributed by atoms with van der Waals surface area (Å²) in [6, 6.07) is 32.6. The Labute approximate surface area is 364 Å². The summed E-state index contributed by atoms with van der Waals surface area (Å²) in [5.74, 6) is 0. The molecule has 0 spiro atoms. The van der Waals surface area contributed by atoms with Gasteiger partial charge in [-0.15, -0.1) is 56.7 Å². The maximum absolute atomic E-state index is 12.7. The zero-order valence-electron chi connectivity index (χ0n) is 34.1. The molecular weight excluding hydrogens is 817 g/mol. The summed E-state index contributed by atoms with van der Waals surface area (Å²) in [5.41, 5.74) is 18.9. The molecule has 0 saturated carbocycles. The number of benzene rings is 4. The first-order chi connectivity index (χ1) is 28.3. The van der Waals surface area contributed by atoms with Gasteiger partial charge in [-0.2, -0.15) is 0 Å². The van der Waals surface area contributed by atoms with Crippen molar-refractivity contribution < 1.29 is 9.59 Å². The second-order valence-electron chi connectivity index (χ2n) is 17.1. The van der Waals surface area contributed by atoms with Crippen molar-refractivity contribution in [2.45, 2.75) is 66.2 Å². The molecule has 2 aliphatic rings. The van der Waals surface area contributed by atoms with E-state index in [1.807, 2.05) is 34.0 Å². The predicted molar refractivity (Wildman–Crippen MR) is 254 cm³/mol. The Kier molecular flexibility index (Phi) is 8.13. The van der Waals surface area contributed by atoms with Crippen LogP contribution in [0.25, 0.3) is 38.3 Å². The van der Waals surface area contributed by atoms with E-state index < -0.39 is 10.8 Å². The van der Waals surface area contributed by atoms with Crippen molar-refractivity contribution >= 4 is 88.1 Å². The SMILES string of the molecule is Cc1cc(C)cc(C2(c3cc(C)cc(C)c3)c3cc(C=O)sc3-c3sc4c5c(sc4c32)-c2sc3cc(C=O)sc3c2C5(c2cc(C)cc(C)c2)c2cc(C)cc(C)c2)c1. The average Bonchev–Trinajstić information content (AvgIpc) is 4.00. The fourth-order valence-electron chi connectivity index (χ4n) is 10.9. The lowest BCUT2D eigenvalue weighted by Crippen LogP contribution is -2.29. The van der Waals surface area contributed by atoms with Crippen LogP contribution in [0, 0.1) is 55.4 Å². The van der Waals surface area contributed by atoms with Crippen LogP contribution in [0.15, 0.2) is 84.9 Å². The molecular formula is C52H40O2S5. The van der Waals surface area contributed by atoms with Gasteiger partial charge in [-0.25, -0.2) is 0 Å². The van der Waals surface area contributed by atoms with Crippen molar-refractivity contribution in [3.8, 4) is 19.5 Å². The Hall–Kier alpha value is -4.76.